The number of amides is 1. The Labute approximate surface area is 174 Å². The second kappa shape index (κ2) is 8.30. The number of piperidine rings is 1. The van der Waals surface area contributed by atoms with Gasteiger partial charge >= 0.3 is 0 Å². The number of hydrogen-bond donors (Lipinski definition) is 1. The number of hydrogen-bond acceptors (Lipinski definition) is 5. The minimum absolute atomic E-state index is 0.0432. The molecule has 2 aromatic heterocycles. The predicted molar refractivity (Wildman–Crippen MR) is 113 cm³/mol. The first-order valence-corrected chi connectivity index (χ1v) is 10.3. The third-order valence-electron chi connectivity index (χ3n) is 5.70. The number of carbonyl (C=O) groups is 1. The van der Waals surface area contributed by atoms with Gasteiger partial charge in [-0.15, -0.1) is 0 Å². The smallest absolute Gasteiger partial charge is 0.264 e. The Morgan fingerprint density at radius 2 is 2.13 bits per heavy atom. The van der Waals surface area contributed by atoms with Gasteiger partial charge in [-0.1, -0.05) is 12.1 Å². The van der Waals surface area contributed by atoms with Crippen LogP contribution in [0, 0.1) is 26.7 Å². The molecule has 4 rings (SSSR count). The molecule has 3 aromatic rings. The van der Waals surface area contributed by atoms with Gasteiger partial charge in [0.05, 0.1) is 18.7 Å². The number of aryl methyl sites for hydroxylation is 3. The van der Waals surface area contributed by atoms with Gasteiger partial charge in [0.1, 0.15) is 11.6 Å². The monoisotopic (exact) mass is 409 g/mol. The number of likely N-dealkylation sites (tertiary alicyclic amines) is 1. The topological polar surface area (TPSA) is 92.6 Å². The summed E-state index contributed by atoms with van der Waals surface area (Å²) in [5.74, 6) is 2.03. The molecule has 0 saturated carbocycles. The van der Waals surface area contributed by atoms with E-state index in [9.17, 15) is 9.59 Å². The summed E-state index contributed by atoms with van der Waals surface area (Å²) in [4.78, 5) is 32.1. The summed E-state index contributed by atoms with van der Waals surface area (Å²) in [6, 6.07) is 7.99. The predicted octanol–water partition coefficient (Wildman–Crippen LogP) is 2.20. The van der Waals surface area contributed by atoms with Crippen molar-refractivity contribution in [1.29, 1.82) is 0 Å². The first-order chi connectivity index (χ1) is 14.4. The van der Waals surface area contributed by atoms with Gasteiger partial charge in [0.25, 0.3) is 5.56 Å². The molecule has 1 aromatic carbocycles. The number of nitrogens with one attached hydrogen (secondary N) is 1. The van der Waals surface area contributed by atoms with Crippen molar-refractivity contribution in [3.63, 3.8) is 0 Å². The Morgan fingerprint density at radius 3 is 2.93 bits per heavy atom. The van der Waals surface area contributed by atoms with Gasteiger partial charge in [0.2, 0.25) is 11.7 Å². The number of aromatic nitrogens is 4. The minimum atomic E-state index is -0.228. The van der Waals surface area contributed by atoms with Crippen LogP contribution in [0.2, 0.25) is 0 Å². The third-order valence-corrected chi connectivity index (χ3v) is 5.70. The molecule has 1 amide bonds. The van der Waals surface area contributed by atoms with Crippen molar-refractivity contribution in [3.05, 3.63) is 57.3 Å². The fraction of sp³-hybridized carbons (Fsp3) is 0.455. The third kappa shape index (κ3) is 4.08. The second-order valence-corrected chi connectivity index (χ2v) is 8.06. The zero-order valence-electron chi connectivity index (χ0n) is 17.6. The van der Waals surface area contributed by atoms with Crippen LogP contribution in [-0.2, 0) is 11.2 Å². The Bertz CT molecular complexity index is 1130. The number of rotatable bonds is 5. The van der Waals surface area contributed by atoms with Crippen LogP contribution < -0.4 is 10.3 Å². The Balaban J connectivity index is 1.43. The maximum absolute atomic E-state index is 13.0. The van der Waals surface area contributed by atoms with Crippen LogP contribution in [0.25, 0.3) is 5.78 Å². The number of ether oxygens (including phenoxy) is 1. The lowest BCUT2D eigenvalue weighted by Crippen LogP contribution is -2.43. The van der Waals surface area contributed by atoms with E-state index in [-0.39, 0.29) is 23.8 Å². The van der Waals surface area contributed by atoms with Gasteiger partial charge in [-0.2, -0.15) is 5.10 Å². The SMILES string of the molecule is Cc1cccc(OC[C@H]2CCCN(C(=O)Cc3c(C)nc4[nH]nc(C)n4c3=O)C2)c1. The lowest BCUT2D eigenvalue weighted by molar-refractivity contribution is -0.132. The van der Waals surface area contributed by atoms with E-state index in [1.54, 1.807) is 13.8 Å². The zero-order valence-corrected chi connectivity index (χ0v) is 17.6. The summed E-state index contributed by atoms with van der Waals surface area (Å²) in [6.07, 6.45) is 2.01. The summed E-state index contributed by atoms with van der Waals surface area (Å²) >= 11 is 0. The molecule has 1 aliphatic rings. The highest BCUT2D eigenvalue weighted by molar-refractivity contribution is 5.79. The molecule has 0 radical (unpaired) electrons. The van der Waals surface area contributed by atoms with Crippen LogP contribution >= 0.6 is 0 Å². The molecule has 1 aliphatic heterocycles. The fourth-order valence-corrected chi connectivity index (χ4v) is 4.03. The Kier molecular flexibility index (Phi) is 5.57. The average molecular weight is 409 g/mol. The number of H-pyrrole nitrogens is 1. The molecular formula is C22H27N5O3. The first-order valence-electron chi connectivity index (χ1n) is 10.3. The molecule has 1 fully saturated rings. The normalized spacial score (nSPS) is 16.8. The molecule has 1 N–H and O–H groups in total. The lowest BCUT2D eigenvalue weighted by Gasteiger charge is -2.32. The molecule has 0 bridgehead atoms. The van der Waals surface area contributed by atoms with E-state index in [0.29, 0.717) is 42.6 Å². The van der Waals surface area contributed by atoms with Crippen LogP contribution in [0.5, 0.6) is 5.75 Å². The Hall–Kier alpha value is -3.16. The van der Waals surface area contributed by atoms with Gasteiger partial charge in [-0.25, -0.2) is 14.5 Å². The molecule has 0 spiro atoms. The van der Waals surface area contributed by atoms with Crippen molar-refractivity contribution in [3.8, 4) is 5.75 Å². The van der Waals surface area contributed by atoms with Crippen LogP contribution in [0.1, 0.15) is 35.5 Å². The molecule has 0 unspecified atom stereocenters. The molecule has 0 aliphatic carbocycles. The van der Waals surface area contributed by atoms with Gasteiger partial charge in [0, 0.05) is 24.6 Å². The number of carbonyl (C=O) groups excluding carboxylic acids is 1. The van der Waals surface area contributed by atoms with Crippen molar-refractivity contribution < 1.29 is 9.53 Å². The number of nitrogens with zero attached hydrogens (tertiary/aromatic N) is 4. The minimum Gasteiger partial charge on any atom is -0.493 e. The molecular weight excluding hydrogens is 382 g/mol. The van der Waals surface area contributed by atoms with Crippen molar-refractivity contribution in [1.82, 2.24) is 24.5 Å². The van der Waals surface area contributed by atoms with Crippen LogP contribution in [0.4, 0.5) is 0 Å². The van der Waals surface area contributed by atoms with Crippen molar-refractivity contribution >= 4 is 11.7 Å². The summed E-state index contributed by atoms with van der Waals surface area (Å²) in [7, 11) is 0. The highest BCUT2D eigenvalue weighted by Gasteiger charge is 2.26. The van der Waals surface area contributed by atoms with E-state index in [2.05, 4.69) is 15.2 Å². The first kappa shape index (κ1) is 20.1. The van der Waals surface area contributed by atoms with E-state index < -0.39 is 0 Å². The van der Waals surface area contributed by atoms with E-state index in [1.165, 1.54) is 4.40 Å². The molecule has 30 heavy (non-hydrogen) atoms. The zero-order chi connectivity index (χ0) is 21.3. The quantitative estimate of drug-likeness (QED) is 0.697. The standard InChI is InChI=1S/C22H27N5O3/c1-14-6-4-8-18(10-14)30-13-17-7-5-9-26(12-17)20(28)11-19-15(2)23-22-25-24-16(3)27(22)21(19)29/h4,6,8,10,17H,5,7,9,11-13H2,1-3H3,(H,23,25)/t17-/m0/s1. The van der Waals surface area contributed by atoms with Crippen LogP contribution in [-0.4, -0.2) is 50.1 Å². The summed E-state index contributed by atoms with van der Waals surface area (Å²) in [5, 5.41) is 6.78. The maximum atomic E-state index is 13.0. The summed E-state index contributed by atoms with van der Waals surface area (Å²) in [6.45, 7) is 7.46. The van der Waals surface area contributed by atoms with Crippen LogP contribution in [0.3, 0.4) is 0 Å². The summed E-state index contributed by atoms with van der Waals surface area (Å²) < 4.78 is 7.37. The molecule has 1 saturated heterocycles. The van der Waals surface area contributed by atoms with Gasteiger partial charge in [0.15, 0.2) is 0 Å². The van der Waals surface area contributed by atoms with E-state index in [1.807, 2.05) is 36.1 Å². The maximum Gasteiger partial charge on any atom is 0.264 e. The molecule has 8 heteroatoms. The number of benzene rings is 1. The van der Waals surface area contributed by atoms with Gasteiger partial charge in [-0.05, 0) is 51.3 Å². The van der Waals surface area contributed by atoms with E-state index in [0.717, 1.165) is 24.2 Å². The van der Waals surface area contributed by atoms with Crippen LogP contribution in [0.15, 0.2) is 29.1 Å². The van der Waals surface area contributed by atoms with Crippen molar-refractivity contribution in [2.45, 2.75) is 40.0 Å². The van der Waals surface area contributed by atoms with E-state index >= 15 is 0 Å². The van der Waals surface area contributed by atoms with Gasteiger partial charge < -0.3 is 9.64 Å². The molecule has 8 nitrogen and oxygen atoms in total. The molecule has 3 heterocycles. The van der Waals surface area contributed by atoms with Crippen molar-refractivity contribution in [2.75, 3.05) is 19.7 Å². The lowest BCUT2D eigenvalue weighted by atomic mass is 9.98. The number of fused-ring (bicyclic) bond motifs is 1. The van der Waals surface area contributed by atoms with Gasteiger partial charge in [-0.3, -0.25) is 9.59 Å². The van der Waals surface area contributed by atoms with E-state index in [4.69, 9.17) is 4.74 Å². The molecule has 158 valence electrons. The largest absolute Gasteiger partial charge is 0.493 e. The second-order valence-electron chi connectivity index (χ2n) is 8.06. The Morgan fingerprint density at radius 1 is 1.30 bits per heavy atom. The summed E-state index contributed by atoms with van der Waals surface area (Å²) in [5.41, 5.74) is 1.93. The number of aromatic amines is 1. The average Bonchev–Trinajstić information content (AvgIpc) is 3.10. The highest BCUT2D eigenvalue weighted by Crippen LogP contribution is 2.20. The fourth-order valence-electron chi connectivity index (χ4n) is 4.03. The molecule has 1 atom stereocenters. The van der Waals surface area contributed by atoms with Crippen molar-refractivity contribution in [2.24, 2.45) is 5.92 Å². The highest BCUT2D eigenvalue weighted by atomic mass is 16.5.